The van der Waals surface area contributed by atoms with Crippen LogP contribution in [0, 0.1) is 16.7 Å². The maximum atomic E-state index is 12.5. The molecule has 0 aromatic heterocycles. The number of carbonyl (C=O) groups is 2. The van der Waals surface area contributed by atoms with E-state index in [4.69, 9.17) is 0 Å². The molecule has 0 unspecified atom stereocenters. The summed E-state index contributed by atoms with van der Waals surface area (Å²) in [4.78, 5) is 24.5. The van der Waals surface area contributed by atoms with Gasteiger partial charge in [-0.25, -0.2) is 0 Å². The van der Waals surface area contributed by atoms with Crippen molar-refractivity contribution < 1.29 is 9.59 Å². The minimum absolute atomic E-state index is 0.00880. The molecule has 4 heteroatoms. The van der Waals surface area contributed by atoms with Gasteiger partial charge in [0.1, 0.15) is 0 Å². The van der Waals surface area contributed by atoms with E-state index in [-0.39, 0.29) is 11.8 Å². The van der Waals surface area contributed by atoms with Crippen LogP contribution in [0.25, 0.3) is 0 Å². The van der Waals surface area contributed by atoms with Gasteiger partial charge in [0, 0.05) is 22.2 Å². The van der Waals surface area contributed by atoms with Gasteiger partial charge in [-0.2, -0.15) is 0 Å². The van der Waals surface area contributed by atoms with Gasteiger partial charge >= 0.3 is 0 Å². The summed E-state index contributed by atoms with van der Waals surface area (Å²) < 4.78 is 0. The topological polar surface area (TPSA) is 58.2 Å². The van der Waals surface area contributed by atoms with Crippen molar-refractivity contribution in [2.75, 3.05) is 10.6 Å². The molecule has 23 heavy (non-hydrogen) atoms. The van der Waals surface area contributed by atoms with E-state index in [9.17, 15) is 9.59 Å². The Morgan fingerprint density at radius 3 is 1.87 bits per heavy atom. The maximum absolute atomic E-state index is 12.5. The molecule has 4 nitrogen and oxygen atoms in total. The molecular weight excluding hydrogens is 288 g/mol. The summed E-state index contributed by atoms with van der Waals surface area (Å²) in [6.45, 7) is 13.7. The Morgan fingerprint density at radius 2 is 1.43 bits per heavy atom. The van der Waals surface area contributed by atoms with Crippen LogP contribution >= 0.6 is 0 Å². The minimum Gasteiger partial charge on any atom is -0.326 e. The molecule has 1 rings (SSSR count). The molecule has 128 valence electrons. The first kappa shape index (κ1) is 19.2. The van der Waals surface area contributed by atoms with E-state index < -0.39 is 10.8 Å². The van der Waals surface area contributed by atoms with E-state index in [0.717, 1.165) is 6.42 Å². The van der Waals surface area contributed by atoms with Gasteiger partial charge in [-0.05, 0) is 30.5 Å². The Labute approximate surface area is 140 Å². The van der Waals surface area contributed by atoms with Crippen molar-refractivity contribution in [3.05, 3.63) is 24.3 Å². The Hall–Kier alpha value is -1.84. The monoisotopic (exact) mass is 318 g/mol. The van der Waals surface area contributed by atoms with Crippen LogP contribution in [0.3, 0.4) is 0 Å². The molecule has 0 aliphatic rings. The largest absolute Gasteiger partial charge is 0.326 e. The molecule has 0 aliphatic heterocycles. The summed E-state index contributed by atoms with van der Waals surface area (Å²) in [6.07, 6.45) is 0.819. The molecule has 0 atom stereocenters. The normalized spacial score (nSPS) is 12.2. The molecule has 0 heterocycles. The van der Waals surface area contributed by atoms with Gasteiger partial charge in [-0.15, -0.1) is 0 Å². The van der Waals surface area contributed by atoms with E-state index in [1.807, 2.05) is 52.8 Å². The lowest BCUT2D eigenvalue weighted by molar-refractivity contribution is -0.124. The molecule has 0 bridgehead atoms. The summed E-state index contributed by atoms with van der Waals surface area (Å²) in [5.74, 6) is 0.389. The molecule has 2 N–H and O–H groups in total. The van der Waals surface area contributed by atoms with Crippen LogP contribution in [-0.2, 0) is 9.59 Å². The Bertz CT molecular complexity index is 569. The van der Waals surface area contributed by atoms with Crippen molar-refractivity contribution in [1.82, 2.24) is 0 Å². The van der Waals surface area contributed by atoms with Crippen molar-refractivity contribution in [3.8, 4) is 0 Å². The summed E-state index contributed by atoms with van der Waals surface area (Å²) in [5.41, 5.74) is 0.486. The quantitative estimate of drug-likeness (QED) is 0.828. The number of benzene rings is 1. The second kappa shape index (κ2) is 7.16. The summed E-state index contributed by atoms with van der Waals surface area (Å²) in [5, 5.41) is 5.83. The zero-order valence-corrected chi connectivity index (χ0v) is 15.4. The third-order valence-corrected chi connectivity index (χ3v) is 3.59. The van der Waals surface area contributed by atoms with E-state index in [0.29, 0.717) is 17.3 Å². The van der Waals surface area contributed by atoms with Crippen molar-refractivity contribution in [2.45, 2.75) is 54.9 Å². The highest BCUT2D eigenvalue weighted by atomic mass is 16.2. The molecule has 0 saturated carbocycles. The van der Waals surface area contributed by atoms with E-state index in [1.54, 1.807) is 6.07 Å². The first-order valence-corrected chi connectivity index (χ1v) is 8.15. The Morgan fingerprint density at radius 1 is 0.957 bits per heavy atom. The van der Waals surface area contributed by atoms with Crippen molar-refractivity contribution in [3.63, 3.8) is 0 Å². The summed E-state index contributed by atoms with van der Waals surface area (Å²) in [7, 11) is 0. The van der Waals surface area contributed by atoms with E-state index in [2.05, 4.69) is 24.5 Å². The van der Waals surface area contributed by atoms with Crippen LogP contribution in [0.1, 0.15) is 54.9 Å². The highest BCUT2D eigenvalue weighted by Gasteiger charge is 2.28. The SMILES string of the molecule is CC(C)CC(C)(C)C(=O)Nc1cccc(NC(=O)C(C)(C)C)c1. The fourth-order valence-corrected chi connectivity index (χ4v) is 2.41. The fraction of sp³-hybridized carbons (Fsp3) is 0.579. The molecule has 2 amide bonds. The van der Waals surface area contributed by atoms with Gasteiger partial charge in [0.25, 0.3) is 0 Å². The maximum Gasteiger partial charge on any atom is 0.230 e. The number of anilines is 2. The van der Waals surface area contributed by atoms with Crippen molar-refractivity contribution >= 4 is 23.2 Å². The predicted molar refractivity (Wildman–Crippen MR) is 96.4 cm³/mol. The standard InChI is InChI=1S/C19H30N2O2/c1-13(2)12-19(6,7)17(23)21-15-10-8-9-14(11-15)20-16(22)18(3,4)5/h8-11,13H,12H2,1-7H3,(H,20,22)(H,21,23). The van der Waals surface area contributed by atoms with Crippen LogP contribution < -0.4 is 10.6 Å². The predicted octanol–water partition coefficient (Wildman–Crippen LogP) is 4.68. The zero-order valence-electron chi connectivity index (χ0n) is 15.4. The van der Waals surface area contributed by atoms with E-state index in [1.165, 1.54) is 0 Å². The number of rotatable bonds is 5. The zero-order chi connectivity index (χ0) is 17.8. The van der Waals surface area contributed by atoms with Gasteiger partial charge in [0.15, 0.2) is 0 Å². The highest BCUT2D eigenvalue weighted by Crippen LogP contribution is 2.28. The average Bonchev–Trinajstić information content (AvgIpc) is 2.36. The number of carbonyl (C=O) groups excluding carboxylic acids is 2. The van der Waals surface area contributed by atoms with Crippen LogP contribution in [0.4, 0.5) is 11.4 Å². The van der Waals surface area contributed by atoms with Gasteiger partial charge in [-0.3, -0.25) is 9.59 Å². The second-order valence-electron chi connectivity index (χ2n) is 8.22. The van der Waals surface area contributed by atoms with Gasteiger partial charge < -0.3 is 10.6 Å². The third-order valence-electron chi connectivity index (χ3n) is 3.59. The lowest BCUT2D eigenvalue weighted by Crippen LogP contribution is -2.32. The number of hydrogen-bond donors (Lipinski definition) is 2. The first-order chi connectivity index (χ1) is 10.4. The second-order valence-corrected chi connectivity index (χ2v) is 8.22. The Kier molecular flexibility index (Phi) is 5.98. The molecule has 0 radical (unpaired) electrons. The Balaban J connectivity index is 2.82. The summed E-state index contributed by atoms with van der Waals surface area (Å²) >= 11 is 0. The number of hydrogen-bond acceptors (Lipinski definition) is 2. The lowest BCUT2D eigenvalue weighted by Gasteiger charge is -2.25. The van der Waals surface area contributed by atoms with Crippen molar-refractivity contribution in [2.24, 2.45) is 16.7 Å². The van der Waals surface area contributed by atoms with Gasteiger partial charge in [-0.1, -0.05) is 54.5 Å². The molecule has 0 aliphatic carbocycles. The van der Waals surface area contributed by atoms with Crippen LogP contribution in [-0.4, -0.2) is 11.8 Å². The smallest absolute Gasteiger partial charge is 0.230 e. The van der Waals surface area contributed by atoms with Crippen LogP contribution in [0.2, 0.25) is 0 Å². The van der Waals surface area contributed by atoms with Crippen molar-refractivity contribution in [1.29, 1.82) is 0 Å². The molecular formula is C19H30N2O2. The van der Waals surface area contributed by atoms with Gasteiger partial charge in [0.2, 0.25) is 11.8 Å². The minimum atomic E-state index is -0.460. The average molecular weight is 318 g/mol. The molecule has 0 fully saturated rings. The number of amides is 2. The highest BCUT2D eigenvalue weighted by molar-refractivity contribution is 5.97. The first-order valence-electron chi connectivity index (χ1n) is 8.15. The lowest BCUT2D eigenvalue weighted by atomic mass is 9.83. The summed E-state index contributed by atoms with van der Waals surface area (Å²) in [6, 6.07) is 7.25. The molecule has 0 spiro atoms. The molecule has 0 saturated heterocycles. The molecule has 1 aromatic carbocycles. The fourth-order valence-electron chi connectivity index (χ4n) is 2.41. The van der Waals surface area contributed by atoms with E-state index >= 15 is 0 Å². The molecule has 1 aromatic rings. The van der Waals surface area contributed by atoms with Crippen LogP contribution in [0.15, 0.2) is 24.3 Å². The number of nitrogens with one attached hydrogen (secondary N) is 2. The van der Waals surface area contributed by atoms with Crippen LogP contribution in [0.5, 0.6) is 0 Å². The van der Waals surface area contributed by atoms with Gasteiger partial charge in [0.05, 0.1) is 0 Å². The third kappa shape index (κ3) is 6.05.